The van der Waals surface area contributed by atoms with E-state index >= 15 is 0 Å². The van der Waals surface area contributed by atoms with E-state index in [1.165, 1.54) is 7.11 Å². The van der Waals surface area contributed by atoms with Crippen molar-refractivity contribution in [2.75, 3.05) is 43.7 Å². The number of methoxy groups -OCH3 is 1. The number of carboxylic acids is 1. The van der Waals surface area contributed by atoms with Crippen LogP contribution < -0.4 is 9.80 Å². The van der Waals surface area contributed by atoms with Crippen molar-refractivity contribution in [3.8, 4) is 0 Å². The van der Waals surface area contributed by atoms with Crippen molar-refractivity contribution in [2.24, 2.45) is 0 Å². The number of carbonyl (C=O) groups is 1. The number of likely N-dealkylation sites (N-methyl/N-ethyl adjacent to an activating group) is 1. The number of fused-ring (bicyclic) bond motifs is 1. The number of aliphatic carboxylic acids is 1. The maximum absolute atomic E-state index is 11.3. The Labute approximate surface area is 107 Å². The van der Waals surface area contributed by atoms with Crippen LogP contribution in [-0.2, 0) is 9.53 Å². The summed E-state index contributed by atoms with van der Waals surface area (Å²) >= 11 is 0. The lowest BCUT2D eigenvalue weighted by molar-refractivity contribution is -0.139. The molecule has 1 unspecified atom stereocenters. The fourth-order valence-electron chi connectivity index (χ4n) is 2.30. The Balaban J connectivity index is 2.35. The maximum atomic E-state index is 11.3. The number of carboxylic acid groups (broad SMARTS) is 1. The molecule has 0 bridgehead atoms. The van der Waals surface area contributed by atoms with Crippen LogP contribution in [0.3, 0.4) is 0 Å². The average molecular weight is 250 g/mol. The Morgan fingerprint density at radius 3 is 2.67 bits per heavy atom. The second-order valence-corrected chi connectivity index (χ2v) is 4.41. The molecule has 1 aromatic rings. The third kappa shape index (κ3) is 2.26. The minimum Gasteiger partial charge on any atom is -0.480 e. The number of anilines is 2. The minimum absolute atomic E-state index is 0.188. The van der Waals surface area contributed by atoms with Gasteiger partial charge in [-0.2, -0.15) is 0 Å². The molecular formula is C13H18N2O3. The van der Waals surface area contributed by atoms with Gasteiger partial charge in [0.2, 0.25) is 0 Å². The number of nitrogens with zero attached hydrogens (tertiary/aromatic N) is 2. The third-order valence-corrected chi connectivity index (χ3v) is 3.26. The van der Waals surface area contributed by atoms with Gasteiger partial charge in [0.1, 0.15) is 0 Å². The van der Waals surface area contributed by atoms with E-state index in [4.69, 9.17) is 4.74 Å². The third-order valence-electron chi connectivity index (χ3n) is 3.26. The number of hydrogen-bond donors (Lipinski definition) is 1. The number of benzene rings is 1. The highest BCUT2D eigenvalue weighted by Crippen LogP contribution is 2.33. The van der Waals surface area contributed by atoms with Crippen molar-refractivity contribution in [1.29, 1.82) is 0 Å². The van der Waals surface area contributed by atoms with Gasteiger partial charge in [-0.15, -0.1) is 0 Å². The molecule has 5 heteroatoms. The summed E-state index contributed by atoms with van der Waals surface area (Å²) in [5, 5.41) is 9.31. The van der Waals surface area contributed by atoms with E-state index in [1.54, 1.807) is 0 Å². The van der Waals surface area contributed by atoms with Crippen LogP contribution in [0.15, 0.2) is 24.3 Å². The molecule has 0 aromatic heterocycles. The number of rotatable bonds is 4. The molecule has 1 aliphatic rings. The van der Waals surface area contributed by atoms with Crippen LogP contribution >= 0.6 is 0 Å². The summed E-state index contributed by atoms with van der Waals surface area (Å²) in [6, 6.07) is 7.22. The topological polar surface area (TPSA) is 53.0 Å². The summed E-state index contributed by atoms with van der Waals surface area (Å²) < 4.78 is 5.02. The first kappa shape index (κ1) is 12.7. The quantitative estimate of drug-likeness (QED) is 0.865. The number of para-hydroxylation sites is 2. The molecule has 0 spiro atoms. The van der Waals surface area contributed by atoms with Gasteiger partial charge in [-0.05, 0) is 12.1 Å². The summed E-state index contributed by atoms with van der Waals surface area (Å²) in [5.41, 5.74) is 2.02. The van der Waals surface area contributed by atoms with Crippen LogP contribution in [0.4, 0.5) is 11.4 Å². The standard InChI is InChI=1S/C13H18N2O3/c1-14-7-8-15(12(9-18-2)13(16)17)11-6-4-3-5-10(11)14/h3-6,12H,7-9H2,1-2H3,(H,16,17). The van der Waals surface area contributed by atoms with Gasteiger partial charge in [-0.1, -0.05) is 12.1 Å². The normalized spacial score (nSPS) is 16.3. The van der Waals surface area contributed by atoms with Crippen molar-refractivity contribution in [2.45, 2.75) is 6.04 Å². The molecular weight excluding hydrogens is 232 g/mol. The SMILES string of the molecule is COCC(C(=O)O)N1CCN(C)c2ccccc21. The summed E-state index contributed by atoms with van der Waals surface area (Å²) in [5.74, 6) is -0.851. The first-order valence-electron chi connectivity index (χ1n) is 5.93. The van der Waals surface area contributed by atoms with Gasteiger partial charge in [-0.25, -0.2) is 4.79 Å². The lowest BCUT2D eigenvalue weighted by Crippen LogP contribution is -2.50. The Morgan fingerprint density at radius 2 is 2.06 bits per heavy atom. The monoisotopic (exact) mass is 250 g/mol. The lowest BCUT2D eigenvalue weighted by atomic mass is 10.1. The Kier molecular flexibility index (Phi) is 3.72. The molecule has 1 N–H and O–H groups in total. The zero-order valence-corrected chi connectivity index (χ0v) is 10.7. The average Bonchev–Trinajstić information content (AvgIpc) is 2.37. The first-order chi connectivity index (χ1) is 8.65. The Hall–Kier alpha value is -1.75. The highest BCUT2D eigenvalue weighted by atomic mass is 16.5. The Morgan fingerprint density at radius 1 is 1.39 bits per heavy atom. The molecule has 0 amide bonds. The number of ether oxygens (including phenoxy) is 1. The molecule has 1 aromatic carbocycles. The van der Waals surface area contributed by atoms with Crippen molar-refractivity contribution >= 4 is 17.3 Å². The van der Waals surface area contributed by atoms with Gasteiger partial charge in [-0.3, -0.25) is 0 Å². The fourth-order valence-corrected chi connectivity index (χ4v) is 2.30. The van der Waals surface area contributed by atoms with Gasteiger partial charge < -0.3 is 19.6 Å². The zero-order chi connectivity index (χ0) is 13.1. The molecule has 0 saturated carbocycles. The molecule has 0 fully saturated rings. The zero-order valence-electron chi connectivity index (χ0n) is 10.7. The van der Waals surface area contributed by atoms with E-state index in [9.17, 15) is 9.90 Å². The summed E-state index contributed by atoms with van der Waals surface area (Å²) in [6.45, 7) is 1.69. The second-order valence-electron chi connectivity index (χ2n) is 4.41. The van der Waals surface area contributed by atoms with Gasteiger partial charge >= 0.3 is 5.97 Å². The molecule has 2 rings (SSSR count). The van der Waals surface area contributed by atoms with Gasteiger partial charge in [0.25, 0.3) is 0 Å². The highest BCUT2D eigenvalue weighted by molar-refractivity contribution is 5.83. The largest absolute Gasteiger partial charge is 0.480 e. The smallest absolute Gasteiger partial charge is 0.328 e. The first-order valence-corrected chi connectivity index (χ1v) is 5.93. The van der Waals surface area contributed by atoms with E-state index in [0.717, 1.165) is 17.9 Å². The molecule has 0 radical (unpaired) electrons. The molecule has 1 aliphatic heterocycles. The lowest BCUT2D eigenvalue weighted by Gasteiger charge is -2.39. The molecule has 0 saturated heterocycles. The maximum Gasteiger partial charge on any atom is 0.328 e. The summed E-state index contributed by atoms with van der Waals surface area (Å²) in [7, 11) is 3.54. The van der Waals surface area contributed by atoms with Crippen LogP contribution in [0, 0.1) is 0 Å². The van der Waals surface area contributed by atoms with Crippen LogP contribution in [0.1, 0.15) is 0 Å². The summed E-state index contributed by atoms with van der Waals surface area (Å²) in [4.78, 5) is 15.4. The van der Waals surface area contributed by atoms with E-state index < -0.39 is 12.0 Å². The van der Waals surface area contributed by atoms with Crippen LogP contribution in [-0.4, -0.2) is 51.0 Å². The highest BCUT2D eigenvalue weighted by Gasteiger charge is 2.30. The van der Waals surface area contributed by atoms with Crippen molar-refractivity contribution < 1.29 is 14.6 Å². The predicted molar refractivity (Wildman–Crippen MR) is 70.4 cm³/mol. The van der Waals surface area contributed by atoms with Crippen molar-refractivity contribution in [3.63, 3.8) is 0 Å². The van der Waals surface area contributed by atoms with Gasteiger partial charge in [0.15, 0.2) is 6.04 Å². The van der Waals surface area contributed by atoms with Crippen molar-refractivity contribution in [3.05, 3.63) is 24.3 Å². The van der Waals surface area contributed by atoms with Gasteiger partial charge in [0, 0.05) is 27.2 Å². The molecule has 1 atom stereocenters. The fraction of sp³-hybridized carbons (Fsp3) is 0.462. The van der Waals surface area contributed by atoms with E-state index in [-0.39, 0.29) is 6.61 Å². The molecule has 0 aliphatic carbocycles. The van der Waals surface area contributed by atoms with Gasteiger partial charge in [0.05, 0.1) is 18.0 Å². The minimum atomic E-state index is -0.851. The summed E-state index contributed by atoms with van der Waals surface area (Å²) in [6.07, 6.45) is 0. The van der Waals surface area contributed by atoms with E-state index in [0.29, 0.717) is 6.54 Å². The molecule has 1 heterocycles. The Bertz CT molecular complexity index is 436. The van der Waals surface area contributed by atoms with Crippen LogP contribution in [0.25, 0.3) is 0 Å². The van der Waals surface area contributed by atoms with Crippen LogP contribution in [0.2, 0.25) is 0 Å². The molecule has 98 valence electrons. The second kappa shape index (κ2) is 5.27. The number of hydrogen-bond acceptors (Lipinski definition) is 4. The molecule has 5 nitrogen and oxygen atoms in total. The predicted octanol–water partition coefficient (Wildman–Crippen LogP) is 1.04. The van der Waals surface area contributed by atoms with E-state index in [1.807, 2.05) is 36.2 Å². The van der Waals surface area contributed by atoms with Crippen LogP contribution in [0.5, 0.6) is 0 Å². The molecule has 18 heavy (non-hydrogen) atoms. The van der Waals surface area contributed by atoms with Crippen molar-refractivity contribution in [1.82, 2.24) is 0 Å². The van der Waals surface area contributed by atoms with E-state index in [2.05, 4.69) is 4.90 Å².